The van der Waals surface area contributed by atoms with Crippen LogP contribution in [0.2, 0.25) is 0 Å². The average Bonchev–Trinajstić information content (AvgIpc) is 3.47. The average molecular weight is 1140 g/mol. The summed E-state index contributed by atoms with van der Waals surface area (Å²) in [5, 5.41) is 0. The predicted molar refractivity (Wildman–Crippen MR) is 357 cm³/mol. The van der Waals surface area contributed by atoms with Crippen LogP contribution in [0.5, 0.6) is 0 Å². The highest BCUT2D eigenvalue weighted by molar-refractivity contribution is 5.71. The van der Waals surface area contributed by atoms with Crippen LogP contribution in [-0.2, 0) is 28.6 Å². The summed E-state index contributed by atoms with van der Waals surface area (Å²) in [5.74, 6) is -0.907. The lowest BCUT2D eigenvalue weighted by Gasteiger charge is -2.18. The summed E-state index contributed by atoms with van der Waals surface area (Å²) < 4.78 is 17.0. The molecule has 0 aliphatic rings. The molecular weight excluding hydrogens is 1010 g/mol. The smallest absolute Gasteiger partial charge is 0.306 e. The van der Waals surface area contributed by atoms with Crippen molar-refractivity contribution in [2.24, 2.45) is 0 Å². The summed E-state index contributed by atoms with van der Waals surface area (Å²) >= 11 is 0. The van der Waals surface area contributed by atoms with Gasteiger partial charge in [0.25, 0.3) is 0 Å². The molecule has 0 aromatic heterocycles. The van der Waals surface area contributed by atoms with E-state index in [1.54, 1.807) is 0 Å². The van der Waals surface area contributed by atoms with Gasteiger partial charge in [-0.25, -0.2) is 0 Å². The quantitative estimate of drug-likeness (QED) is 0.0261. The highest BCUT2D eigenvalue weighted by atomic mass is 16.6. The van der Waals surface area contributed by atoms with Gasteiger partial charge < -0.3 is 14.2 Å². The number of esters is 3. The number of hydrogen-bond donors (Lipinski definition) is 0. The normalized spacial score (nSPS) is 12.7. The van der Waals surface area contributed by atoms with Crippen molar-refractivity contribution >= 4 is 17.9 Å². The van der Waals surface area contributed by atoms with E-state index in [0.29, 0.717) is 19.3 Å². The minimum atomic E-state index is -0.795. The lowest BCUT2D eigenvalue weighted by Crippen LogP contribution is -2.30. The molecule has 0 aliphatic heterocycles. The second-order valence-electron chi connectivity index (χ2n) is 23.4. The number of unbranched alkanes of at least 4 members (excludes halogenated alkanes) is 37. The van der Waals surface area contributed by atoms with E-state index in [9.17, 15) is 14.4 Å². The first-order chi connectivity index (χ1) is 40.5. The van der Waals surface area contributed by atoms with Crippen molar-refractivity contribution in [2.75, 3.05) is 13.2 Å². The van der Waals surface area contributed by atoms with Gasteiger partial charge in [-0.05, 0) is 103 Å². The van der Waals surface area contributed by atoms with Crippen LogP contribution < -0.4 is 0 Å². The molecule has 82 heavy (non-hydrogen) atoms. The molecule has 0 radical (unpaired) electrons. The molecule has 0 saturated carbocycles. The third kappa shape index (κ3) is 67.1. The summed E-state index contributed by atoms with van der Waals surface area (Å²) in [7, 11) is 0. The third-order valence-electron chi connectivity index (χ3n) is 15.3. The van der Waals surface area contributed by atoms with Crippen LogP contribution in [0, 0.1) is 0 Å². The molecule has 472 valence electrons. The van der Waals surface area contributed by atoms with Crippen LogP contribution >= 0.6 is 0 Å². The molecule has 0 N–H and O–H groups in total. The van der Waals surface area contributed by atoms with E-state index in [1.807, 2.05) is 0 Å². The Kier molecular flexibility index (Phi) is 66.7. The maximum atomic E-state index is 13.0. The van der Waals surface area contributed by atoms with Gasteiger partial charge in [0.1, 0.15) is 13.2 Å². The Morgan fingerprint density at radius 1 is 0.256 bits per heavy atom. The second kappa shape index (κ2) is 69.8. The lowest BCUT2D eigenvalue weighted by atomic mass is 10.0. The topological polar surface area (TPSA) is 78.9 Å². The molecule has 6 nitrogen and oxygen atoms in total. The van der Waals surface area contributed by atoms with Gasteiger partial charge in [0, 0.05) is 19.3 Å². The zero-order valence-electron chi connectivity index (χ0n) is 54.2. The van der Waals surface area contributed by atoms with Crippen molar-refractivity contribution in [2.45, 2.75) is 354 Å². The first-order valence-electron chi connectivity index (χ1n) is 35.2. The number of carbonyl (C=O) groups is 3. The predicted octanol–water partition coefficient (Wildman–Crippen LogP) is 24.4. The number of carbonyl (C=O) groups excluding carboxylic acids is 3. The van der Waals surface area contributed by atoms with Crippen molar-refractivity contribution in [1.82, 2.24) is 0 Å². The highest BCUT2D eigenvalue weighted by Gasteiger charge is 2.19. The Morgan fingerprint density at radius 3 is 0.756 bits per heavy atom. The Balaban J connectivity index is 4.40. The van der Waals surface area contributed by atoms with E-state index >= 15 is 0 Å². The number of allylic oxidation sites excluding steroid dienone is 16. The molecule has 0 heterocycles. The van der Waals surface area contributed by atoms with Gasteiger partial charge in [0.15, 0.2) is 6.10 Å². The minimum Gasteiger partial charge on any atom is -0.462 e. The first kappa shape index (κ1) is 78.3. The molecule has 0 aromatic carbocycles. The summed E-state index contributed by atoms with van der Waals surface area (Å²) in [4.78, 5) is 38.5. The van der Waals surface area contributed by atoms with Gasteiger partial charge >= 0.3 is 17.9 Å². The van der Waals surface area contributed by atoms with Crippen LogP contribution in [0.25, 0.3) is 0 Å². The molecule has 0 bridgehead atoms. The Labute approximate surface area is 508 Å². The summed E-state index contributed by atoms with van der Waals surface area (Å²) in [6, 6.07) is 0. The Bertz CT molecular complexity index is 1590. The molecule has 0 spiro atoms. The SMILES string of the molecule is CC/C=C\C/C=C\C/C=C\C/C=C\C/C=C\CCCCCC(=O)OCC(COC(=O)CCCCCCCCCCCC/C=C\C/C=C\C/C=C\CCCCCCC)OC(=O)CCCCCCCCCCCCCCCCCCCCCC. The van der Waals surface area contributed by atoms with E-state index in [1.165, 1.54) is 199 Å². The molecule has 0 rings (SSSR count). The molecule has 1 atom stereocenters. The fourth-order valence-electron chi connectivity index (χ4n) is 10.1. The summed E-state index contributed by atoms with van der Waals surface area (Å²) in [5.41, 5.74) is 0. The standard InChI is InChI=1S/C76H132O6/c1-4-7-10-13-16-19-22-25-28-31-34-36-37-38-39-40-43-45-48-51-54-57-60-63-66-69-75(78)81-72-73(71-80-74(77)68-65-62-59-56-53-50-47-44-41-33-30-27-24-21-18-15-12-9-6-3)82-76(79)70-67-64-61-58-55-52-49-46-42-35-32-29-26-23-20-17-14-11-8-5-2/h9,12,18,21-22,25,27,30-31,34,37-38,41,44,50,53,73H,4-8,10-11,13-17,19-20,23-24,26,28-29,32-33,35-36,39-40,42-43,45-49,51-52,54-72H2,1-3H3/b12-9-,21-18-,25-22-,30-27-,34-31-,38-37-,44-41-,53-50-. The van der Waals surface area contributed by atoms with E-state index in [2.05, 4.69) is 118 Å². The Hall–Kier alpha value is -3.67. The fourth-order valence-corrected chi connectivity index (χ4v) is 10.1. The van der Waals surface area contributed by atoms with Gasteiger partial charge in [-0.1, -0.05) is 323 Å². The van der Waals surface area contributed by atoms with Crippen molar-refractivity contribution in [3.63, 3.8) is 0 Å². The zero-order valence-corrected chi connectivity index (χ0v) is 54.2. The number of ether oxygens (including phenoxy) is 3. The molecule has 0 aliphatic carbocycles. The van der Waals surface area contributed by atoms with Gasteiger partial charge in [-0.2, -0.15) is 0 Å². The maximum absolute atomic E-state index is 13.0. The zero-order chi connectivity index (χ0) is 59.2. The highest BCUT2D eigenvalue weighted by Crippen LogP contribution is 2.17. The molecule has 0 saturated heterocycles. The van der Waals surface area contributed by atoms with Crippen LogP contribution in [0.3, 0.4) is 0 Å². The van der Waals surface area contributed by atoms with Gasteiger partial charge in [-0.15, -0.1) is 0 Å². The monoisotopic (exact) mass is 1140 g/mol. The third-order valence-corrected chi connectivity index (χ3v) is 15.3. The molecule has 0 aromatic rings. The molecular formula is C76H132O6. The fraction of sp³-hybridized carbons (Fsp3) is 0.750. The Morgan fingerprint density at radius 2 is 0.476 bits per heavy atom. The largest absolute Gasteiger partial charge is 0.462 e. The van der Waals surface area contributed by atoms with Gasteiger partial charge in [0.05, 0.1) is 0 Å². The lowest BCUT2D eigenvalue weighted by molar-refractivity contribution is -0.167. The second-order valence-corrected chi connectivity index (χ2v) is 23.4. The van der Waals surface area contributed by atoms with Crippen LogP contribution in [0.15, 0.2) is 97.2 Å². The van der Waals surface area contributed by atoms with E-state index < -0.39 is 6.10 Å². The van der Waals surface area contributed by atoms with Crippen molar-refractivity contribution in [3.05, 3.63) is 97.2 Å². The molecule has 0 amide bonds. The van der Waals surface area contributed by atoms with E-state index in [0.717, 1.165) is 109 Å². The first-order valence-corrected chi connectivity index (χ1v) is 35.2. The van der Waals surface area contributed by atoms with Crippen molar-refractivity contribution < 1.29 is 28.6 Å². The summed E-state index contributed by atoms with van der Waals surface area (Å²) in [6.07, 6.45) is 94.2. The van der Waals surface area contributed by atoms with Crippen LogP contribution in [0.1, 0.15) is 348 Å². The molecule has 1 unspecified atom stereocenters. The van der Waals surface area contributed by atoms with E-state index in [4.69, 9.17) is 14.2 Å². The van der Waals surface area contributed by atoms with E-state index in [-0.39, 0.29) is 31.1 Å². The van der Waals surface area contributed by atoms with Gasteiger partial charge in [0.2, 0.25) is 0 Å². The van der Waals surface area contributed by atoms with Gasteiger partial charge in [-0.3, -0.25) is 14.4 Å². The maximum Gasteiger partial charge on any atom is 0.306 e. The molecule has 6 heteroatoms. The van der Waals surface area contributed by atoms with Crippen LogP contribution in [-0.4, -0.2) is 37.2 Å². The van der Waals surface area contributed by atoms with Crippen molar-refractivity contribution in [1.29, 1.82) is 0 Å². The van der Waals surface area contributed by atoms with Crippen LogP contribution in [0.4, 0.5) is 0 Å². The summed E-state index contributed by atoms with van der Waals surface area (Å²) in [6.45, 7) is 6.53. The number of rotatable bonds is 64. The number of hydrogen-bond acceptors (Lipinski definition) is 6. The van der Waals surface area contributed by atoms with Crippen molar-refractivity contribution in [3.8, 4) is 0 Å². The minimum absolute atomic E-state index is 0.0879. The molecule has 0 fully saturated rings.